The molecule has 0 radical (unpaired) electrons. The molecule has 0 saturated heterocycles. The molecule has 9 heteroatoms. The Morgan fingerprint density at radius 3 is 2.51 bits per heavy atom. The number of fused-ring (bicyclic) bond motifs is 1. The summed E-state index contributed by atoms with van der Waals surface area (Å²) in [4.78, 5) is 18.4. The molecule has 1 heterocycles. The highest BCUT2D eigenvalue weighted by Gasteiger charge is 2.19. The number of hydrogen-bond acceptors (Lipinski definition) is 5. The van der Waals surface area contributed by atoms with Crippen LogP contribution in [0.3, 0.4) is 0 Å². The van der Waals surface area contributed by atoms with E-state index in [4.69, 9.17) is 4.74 Å². The van der Waals surface area contributed by atoms with Crippen molar-refractivity contribution in [2.45, 2.75) is 32.2 Å². The van der Waals surface area contributed by atoms with E-state index in [0.717, 1.165) is 21.3 Å². The Morgan fingerprint density at radius 2 is 1.77 bits per heavy atom. The first-order valence-corrected chi connectivity index (χ1v) is 13.5. The number of nitrogens with zero attached hydrogens (tertiary/aromatic N) is 2. The number of carbonyl (C=O) groups is 1. The number of amides is 1. The molecule has 3 aromatic carbocycles. The Bertz CT molecular complexity index is 1540. The number of aryl methyl sites for hydroxylation is 2. The van der Waals surface area contributed by atoms with Crippen LogP contribution in [0.25, 0.3) is 10.2 Å². The summed E-state index contributed by atoms with van der Waals surface area (Å²) in [7, 11) is -3.87. The van der Waals surface area contributed by atoms with Crippen molar-refractivity contribution >= 4 is 43.2 Å². The molecule has 0 fully saturated rings. The van der Waals surface area contributed by atoms with Crippen molar-refractivity contribution in [1.29, 1.82) is 0 Å². The lowest BCUT2D eigenvalue weighted by Gasteiger charge is -2.11. The van der Waals surface area contributed by atoms with Crippen molar-refractivity contribution in [1.82, 2.24) is 4.57 Å². The summed E-state index contributed by atoms with van der Waals surface area (Å²) >= 11 is 1.42. The molecular formula is C26H27N3O4S2. The summed E-state index contributed by atoms with van der Waals surface area (Å²) in [6, 6.07) is 19.0. The Morgan fingerprint density at radius 1 is 1.03 bits per heavy atom. The molecule has 0 aliphatic rings. The van der Waals surface area contributed by atoms with Crippen molar-refractivity contribution in [3.8, 4) is 0 Å². The minimum atomic E-state index is -3.87. The second-order valence-corrected chi connectivity index (χ2v) is 10.7. The number of para-hydroxylation sites is 2. The number of carbonyl (C=O) groups excluding carboxylic acids is 1. The number of thiazole rings is 1. The van der Waals surface area contributed by atoms with E-state index in [2.05, 4.69) is 9.71 Å². The van der Waals surface area contributed by atoms with Crippen LogP contribution in [0, 0.1) is 13.8 Å². The van der Waals surface area contributed by atoms with E-state index in [1.807, 2.05) is 43.5 Å². The molecule has 0 atom stereocenters. The Hall–Kier alpha value is -3.27. The van der Waals surface area contributed by atoms with Crippen LogP contribution >= 0.6 is 11.3 Å². The van der Waals surface area contributed by atoms with E-state index in [0.29, 0.717) is 24.6 Å². The van der Waals surface area contributed by atoms with Crippen molar-refractivity contribution in [3.05, 3.63) is 88.2 Å². The van der Waals surface area contributed by atoms with E-state index in [-0.39, 0.29) is 16.1 Å². The molecule has 1 amide bonds. The van der Waals surface area contributed by atoms with Gasteiger partial charge in [-0.3, -0.25) is 9.52 Å². The highest BCUT2D eigenvalue weighted by Crippen LogP contribution is 2.23. The molecule has 0 unspecified atom stereocenters. The van der Waals surface area contributed by atoms with Gasteiger partial charge in [-0.05, 0) is 56.7 Å². The van der Waals surface area contributed by atoms with Crippen molar-refractivity contribution in [2.75, 3.05) is 17.9 Å². The van der Waals surface area contributed by atoms with Crippen LogP contribution < -0.4 is 9.52 Å². The van der Waals surface area contributed by atoms with Crippen molar-refractivity contribution in [2.24, 2.45) is 4.99 Å². The van der Waals surface area contributed by atoms with Crippen LogP contribution in [-0.4, -0.2) is 32.1 Å². The van der Waals surface area contributed by atoms with E-state index in [1.54, 1.807) is 36.4 Å². The zero-order valence-corrected chi connectivity index (χ0v) is 21.4. The second-order valence-electron chi connectivity index (χ2n) is 8.04. The number of rotatable bonds is 8. The topological polar surface area (TPSA) is 89.8 Å². The third-order valence-electron chi connectivity index (χ3n) is 5.50. The SMILES string of the molecule is CCOCCn1c(=NC(=O)c2ccccc2NS(=O)(=O)c2ccc(C)cc2)sc2cccc(C)c21. The number of sulfonamides is 1. The molecule has 182 valence electrons. The fourth-order valence-electron chi connectivity index (χ4n) is 3.73. The number of nitrogens with one attached hydrogen (secondary N) is 1. The first kappa shape index (κ1) is 24.8. The average Bonchev–Trinajstić information content (AvgIpc) is 3.18. The van der Waals surface area contributed by atoms with Gasteiger partial charge in [0.25, 0.3) is 15.9 Å². The maximum absolute atomic E-state index is 13.3. The van der Waals surface area contributed by atoms with Crippen LogP contribution in [0.4, 0.5) is 5.69 Å². The van der Waals surface area contributed by atoms with Gasteiger partial charge in [-0.2, -0.15) is 4.99 Å². The summed E-state index contributed by atoms with van der Waals surface area (Å²) < 4.78 is 37.0. The minimum absolute atomic E-state index is 0.121. The fraction of sp³-hybridized carbons (Fsp3) is 0.231. The Labute approximate surface area is 208 Å². The highest BCUT2D eigenvalue weighted by molar-refractivity contribution is 7.92. The van der Waals surface area contributed by atoms with Gasteiger partial charge in [0.1, 0.15) is 0 Å². The molecule has 0 spiro atoms. The quantitative estimate of drug-likeness (QED) is 0.342. The molecule has 0 saturated carbocycles. The summed E-state index contributed by atoms with van der Waals surface area (Å²) in [5, 5.41) is 0. The monoisotopic (exact) mass is 509 g/mol. The highest BCUT2D eigenvalue weighted by atomic mass is 32.2. The van der Waals surface area contributed by atoms with Gasteiger partial charge in [0, 0.05) is 13.2 Å². The molecule has 0 aliphatic carbocycles. The zero-order chi connectivity index (χ0) is 25.0. The van der Waals surface area contributed by atoms with Gasteiger partial charge < -0.3 is 9.30 Å². The van der Waals surface area contributed by atoms with E-state index in [1.165, 1.54) is 23.5 Å². The van der Waals surface area contributed by atoms with Gasteiger partial charge in [-0.1, -0.05) is 53.3 Å². The van der Waals surface area contributed by atoms with Crippen molar-refractivity contribution < 1.29 is 17.9 Å². The lowest BCUT2D eigenvalue weighted by atomic mass is 10.2. The molecule has 4 aromatic rings. The van der Waals surface area contributed by atoms with Gasteiger partial charge in [0.15, 0.2) is 4.80 Å². The van der Waals surface area contributed by atoms with Crippen molar-refractivity contribution in [3.63, 3.8) is 0 Å². The summed E-state index contributed by atoms with van der Waals surface area (Å²) in [5.74, 6) is -0.526. The molecule has 0 bridgehead atoms. The second kappa shape index (κ2) is 10.6. The molecular weight excluding hydrogens is 482 g/mol. The van der Waals surface area contributed by atoms with Gasteiger partial charge in [-0.25, -0.2) is 8.42 Å². The smallest absolute Gasteiger partial charge is 0.281 e. The predicted octanol–water partition coefficient (Wildman–Crippen LogP) is 4.90. The van der Waals surface area contributed by atoms with Gasteiger partial charge >= 0.3 is 0 Å². The van der Waals surface area contributed by atoms with Gasteiger partial charge in [-0.15, -0.1) is 0 Å². The average molecular weight is 510 g/mol. The maximum atomic E-state index is 13.3. The number of hydrogen-bond donors (Lipinski definition) is 1. The number of anilines is 1. The first-order valence-electron chi connectivity index (χ1n) is 11.2. The van der Waals surface area contributed by atoms with Crippen LogP contribution in [0.1, 0.15) is 28.4 Å². The fourth-order valence-corrected chi connectivity index (χ4v) is 5.94. The molecule has 7 nitrogen and oxygen atoms in total. The maximum Gasteiger partial charge on any atom is 0.281 e. The normalized spacial score (nSPS) is 12.3. The standard InChI is InChI=1S/C26H27N3O4S2/c1-4-33-17-16-29-24-19(3)8-7-11-23(24)34-26(29)27-25(30)21-9-5-6-10-22(21)28-35(31,32)20-14-12-18(2)13-15-20/h5-15,28H,4,16-17H2,1-3H3. The molecule has 0 aliphatic heterocycles. The van der Waals surface area contributed by atoms with Crippen LogP contribution in [0.5, 0.6) is 0 Å². The van der Waals surface area contributed by atoms with Crippen LogP contribution in [0.15, 0.2) is 76.6 Å². The number of benzene rings is 3. The minimum Gasteiger partial charge on any atom is -0.380 e. The Kier molecular flexibility index (Phi) is 7.49. The number of ether oxygens (including phenoxy) is 1. The Balaban J connectivity index is 1.73. The van der Waals surface area contributed by atoms with E-state index >= 15 is 0 Å². The van der Waals surface area contributed by atoms with Crippen LogP contribution in [-0.2, 0) is 21.3 Å². The van der Waals surface area contributed by atoms with Gasteiger partial charge in [0.05, 0.1) is 33.0 Å². The van der Waals surface area contributed by atoms with Crippen LogP contribution in [0.2, 0.25) is 0 Å². The lowest BCUT2D eigenvalue weighted by Crippen LogP contribution is -2.21. The lowest BCUT2D eigenvalue weighted by molar-refractivity contribution is 0.0997. The summed E-state index contributed by atoms with van der Waals surface area (Å²) in [6.45, 7) is 7.48. The molecule has 35 heavy (non-hydrogen) atoms. The third kappa shape index (κ3) is 5.53. The van der Waals surface area contributed by atoms with E-state index in [9.17, 15) is 13.2 Å². The largest absolute Gasteiger partial charge is 0.380 e. The van der Waals surface area contributed by atoms with E-state index < -0.39 is 15.9 Å². The molecule has 1 N–H and O–H groups in total. The molecule has 1 aromatic heterocycles. The zero-order valence-electron chi connectivity index (χ0n) is 19.8. The number of aromatic nitrogens is 1. The third-order valence-corrected chi connectivity index (χ3v) is 7.92. The molecule has 4 rings (SSSR count). The van der Waals surface area contributed by atoms with Gasteiger partial charge in [0.2, 0.25) is 0 Å². The summed E-state index contributed by atoms with van der Waals surface area (Å²) in [6.07, 6.45) is 0. The first-order chi connectivity index (χ1) is 16.8. The summed E-state index contributed by atoms with van der Waals surface area (Å²) in [5.41, 5.74) is 3.40. The predicted molar refractivity (Wildman–Crippen MR) is 139 cm³/mol.